The maximum atomic E-state index is 13.4. The second kappa shape index (κ2) is 47.8. The molecular formula is C75H124N6O53. The van der Waals surface area contributed by atoms with Crippen LogP contribution in [-0.4, -0.2) is 551 Å². The molecule has 10 rings (SSSR count). The molecule has 0 aliphatic carbocycles. The van der Waals surface area contributed by atoms with Crippen molar-refractivity contribution in [3.63, 3.8) is 0 Å². The maximum absolute atomic E-state index is 13.4. The summed E-state index contributed by atoms with van der Waals surface area (Å²) in [7, 11) is 0. The van der Waals surface area contributed by atoms with Crippen molar-refractivity contribution in [2.75, 3.05) is 59.5 Å². The third-order valence-electron chi connectivity index (χ3n) is 24.2. The Morgan fingerprint density at radius 2 is 0.664 bits per heavy atom. The van der Waals surface area contributed by atoms with Crippen LogP contribution in [0.25, 0.3) is 0 Å². The molecule has 33 N–H and O–H groups in total. The number of aliphatic carboxylic acids is 1. The van der Waals surface area contributed by atoms with E-state index in [-0.39, 0.29) is 0 Å². The first-order valence-corrected chi connectivity index (χ1v) is 42.6. The number of carbonyl (C=O) groups is 7. The average Bonchev–Trinajstić information content (AvgIpc) is 0.578. The van der Waals surface area contributed by atoms with Crippen molar-refractivity contribution in [2.45, 2.75) is 367 Å². The Hall–Kier alpha value is -5.51. The van der Waals surface area contributed by atoms with Gasteiger partial charge in [-0.15, -0.1) is 0 Å². The molecule has 772 valence electrons. The van der Waals surface area contributed by atoms with Crippen molar-refractivity contribution in [3.8, 4) is 0 Å². The molecule has 6 amide bonds. The van der Waals surface area contributed by atoms with E-state index in [4.69, 9.17) is 90.0 Å². The second-order valence-electron chi connectivity index (χ2n) is 33.9. The average molecular weight is 1960 g/mol. The van der Waals surface area contributed by atoms with Crippen molar-refractivity contribution in [2.24, 2.45) is 0 Å². The van der Waals surface area contributed by atoms with Crippen LogP contribution in [0.3, 0.4) is 0 Å². The van der Waals surface area contributed by atoms with Gasteiger partial charge in [-0.3, -0.25) is 28.8 Å². The molecule has 0 aromatic rings. The molecule has 59 heteroatoms. The van der Waals surface area contributed by atoms with E-state index >= 15 is 0 Å². The first kappa shape index (κ1) is 110. The largest absolute Gasteiger partial charge is 0.477 e. The number of hydrogen-bond donors (Lipinski definition) is 33. The normalized spacial score (nSPS) is 46.7. The number of hydrogen-bond acceptors (Lipinski definition) is 52. The van der Waals surface area contributed by atoms with Gasteiger partial charge in [0.15, 0.2) is 56.6 Å². The molecule has 10 fully saturated rings. The number of nitrogens with one attached hydrogen (secondary N) is 6. The minimum absolute atomic E-state index is 0.855. The molecule has 0 aromatic carbocycles. The van der Waals surface area contributed by atoms with Crippen LogP contribution in [0.1, 0.15) is 54.9 Å². The third kappa shape index (κ3) is 25.0. The van der Waals surface area contributed by atoms with E-state index < -0.39 is 420 Å². The van der Waals surface area contributed by atoms with E-state index in [2.05, 4.69) is 31.9 Å². The van der Waals surface area contributed by atoms with Crippen LogP contribution in [-0.2, 0) is 124 Å². The van der Waals surface area contributed by atoms with Gasteiger partial charge in [0.25, 0.3) is 5.79 Å². The van der Waals surface area contributed by atoms with Crippen LogP contribution >= 0.6 is 0 Å². The number of amides is 6. The Morgan fingerprint density at radius 3 is 1.12 bits per heavy atom. The quantitative estimate of drug-likeness (QED) is 0.0277. The lowest BCUT2D eigenvalue weighted by atomic mass is 9.88. The Morgan fingerprint density at radius 1 is 0.321 bits per heavy atom. The van der Waals surface area contributed by atoms with Gasteiger partial charge in [-0.1, -0.05) is 0 Å². The maximum Gasteiger partial charge on any atom is 0.364 e. The summed E-state index contributed by atoms with van der Waals surface area (Å²) in [4.78, 5) is 89.9. The minimum Gasteiger partial charge on any atom is -0.477 e. The summed E-state index contributed by atoms with van der Waals surface area (Å²) in [6.45, 7) is -3.60. The summed E-state index contributed by atoms with van der Waals surface area (Å²) in [5.41, 5.74) is 0. The molecule has 10 saturated heterocycles. The van der Waals surface area contributed by atoms with Crippen molar-refractivity contribution in [3.05, 3.63) is 0 Å². The standard InChI is InChI=1S/C75H124N6O53/c1-18-41(96)53(108)56(111)70(119-18)116-16-34-60(50(105)36(65(113)120-34)77-20(3)89)129-68-39(80-23(6)92)52(107)59(31(14-87)124-68)130-71-57(112)62(47(102)32(127-71)15-117-72-63(54(109)44(99)28(11-84)122-72)132-66-37(78-21(4)90)48(103)43(98)27(10-83)121-66)131-73-64(55(110)45(100)29(12-85)123-73)133-69-40(81-24(7)93)51(106)58(30(13-86)125-69)128-67-38(79-22(5)91)49(104)46(101)33(126-67)17-118-75(74(114)115)8-25(94)35(76-19(2)88)61(134-75)42(97)26(95)9-82/h18,25-73,82-87,94-113H,8-17H2,1-7H3,(H,76,88)(H,77,89)(H,78,90)(H,79,91)(H,80,92)(H,81,93)(H,114,115)/t18-,25-,26+,27+,28+,29+,30+,31+,32+,33+,34+,35+,36+,37+,38+,39+,40-,41+,42+,43+,44+,45+,46-,47+,48+,49+,50+,51+,52+,53+,54-,55-,56-,57-,58+,59+,60+,61+,62-,63-,64-,65?,66-,67-,68-,69-,70+,71-,72-,73+,75+/m0/s1. The predicted molar refractivity (Wildman–Crippen MR) is 415 cm³/mol. The van der Waals surface area contributed by atoms with Crippen molar-refractivity contribution in [1.82, 2.24) is 31.9 Å². The van der Waals surface area contributed by atoms with E-state index in [1.807, 2.05) is 0 Å². The Kier molecular flexibility index (Phi) is 39.4. The van der Waals surface area contributed by atoms with E-state index in [0.717, 1.165) is 41.5 Å². The number of rotatable bonds is 36. The highest BCUT2D eigenvalue weighted by Gasteiger charge is 2.63. The number of aliphatic hydroxyl groups excluding tert-OH is 26. The molecule has 0 spiro atoms. The van der Waals surface area contributed by atoms with Crippen LogP contribution in [0, 0.1) is 0 Å². The van der Waals surface area contributed by atoms with Crippen molar-refractivity contribution >= 4 is 41.4 Å². The molecule has 51 atom stereocenters. The summed E-state index contributed by atoms with van der Waals surface area (Å²) in [5, 5.41) is 318. The van der Waals surface area contributed by atoms with Crippen LogP contribution in [0.15, 0.2) is 0 Å². The predicted octanol–water partition coefficient (Wildman–Crippen LogP) is -21.7. The van der Waals surface area contributed by atoms with Gasteiger partial charge in [0.1, 0.15) is 232 Å². The number of carboxylic acid groups (broad SMARTS) is 1. The number of ether oxygens (including phenoxy) is 19. The van der Waals surface area contributed by atoms with Crippen LogP contribution < -0.4 is 31.9 Å². The summed E-state index contributed by atoms with van der Waals surface area (Å²) in [6.07, 6.45) is -95.1. The van der Waals surface area contributed by atoms with Crippen LogP contribution in [0.5, 0.6) is 0 Å². The van der Waals surface area contributed by atoms with Gasteiger partial charge < -0.3 is 260 Å². The zero-order chi connectivity index (χ0) is 99.2. The monoisotopic (exact) mass is 1960 g/mol. The second-order valence-corrected chi connectivity index (χ2v) is 33.9. The SMILES string of the molecule is CC(=O)N[C@@H]1[C@H](O[C@@H]2[C@@H](O[C@@H]3[C@H](O)[C@H](O[C@H]4[C@H](O)[C@@H](NC(C)=O)[C@H](O[C@H]5[C@H](O)[C@@H](NC(C)=O)C(O)O[C@@H]5CO[C@@H]5O[C@@H](C)[C@@H](O)[C@@H](O)[C@@H]5O)O[C@@H]4CO)O[C@H](CO[C@H]4O[C@H](CO)[C@@H](O)[C@H](O)[C@@H]4O[C@@H]4O[C@H](CO)[C@@H](O)[C@H](O)[C@H]4NC(C)=O)[C@H]3O)O[C@H](CO)[C@@H](O)[C@@H]2O)O[C@H](CO)[C@@H](O[C@@H]2O[C@H](CO[C@]3(C(=O)O)C[C@H](O)[C@@H](NC(C)=O)[C@H]([C@H](O)[C@H](O)CO)O3)[C@H](O)[C@H](O)[C@H]2NC(C)=O)[C@@H]1O. The highest BCUT2D eigenvalue weighted by Crippen LogP contribution is 2.42. The molecular weight excluding hydrogens is 1830 g/mol. The topological polar surface area (TPSA) is 913 Å². The van der Waals surface area contributed by atoms with E-state index in [1.54, 1.807) is 0 Å². The first-order chi connectivity index (χ1) is 63.1. The third-order valence-corrected chi connectivity index (χ3v) is 24.2. The lowest BCUT2D eigenvalue weighted by Crippen LogP contribution is -2.71. The highest BCUT2D eigenvalue weighted by molar-refractivity contribution is 5.77. The van der Waals surface area contributed by atoms with Gasteiger partial charge in [0.2, 0.25) is 35.4 Å². The molecule has 0 aromatic heterocycles. The van der Waals surface area contributed by atoms with Gasteiger partial charge >= 0.3 is 5.97 Å². The summed E-state index contributed by atoms with van der Waals surface area (Å²) in [6, 6.07) is -11.4. The molecule has 0 bridgehead atoms. The molecule has 0 radical (unpaired) electrons. The van der Waals surface area contributed by atoms with Crippen molar-refractivity contribution in [1.29, 1.82) is 0 Å². The fraction of sp³-hybridized carbons (Fsp3) is 0.907. The Bertz CT molecular complexity index is 3800. The molecule has 10 aliphatic rings. The van der Waals surface area contributed by atoms with E-state index in [0.29, 0.717) is 0 Å². The molecule has 10 heterocycles. The van der Waals surface area contributed by atoms with Gasteiger partial charge in [-0.2, -0.15) is 0 Å². The number of carbonyl (C=O) groups excluding carboxylic acids is 6. The summed E-state index contributed by atoms with van der Waals surface area (Å²) in [5.74, 6) is -10.8. The molecule has 134 heavy (non-hydrogen) atoms. The lowest BCUT2D eigenvalue weighted by molar-refractivity contribution is -0.398. The fourth-order valence-electron chi connectivity index (χ4n) is 17.2. The van der Waals surface area contributed by atoms with Crippen LogP contribution in [0.2, 0.25) is 0 Å². The molecule has 0 saturated carbocycles. The van der Waals surface area contributed by atoms with E-state index in [1.165, 1.54) is 6.92 Å². The van der Waals surface area contributed by atoms with Gasteiger partial charge in [-0.05, 0) is 6.92 Å². The zero-order valence-corrected chi connectivity index (χ0v) is 72.6. The molecule has 1 unspecified atom stereocenters. The first-order valence-electron chi connectivity index (χ1n) is 42.6. The zero-order valence-electron chi connectivity index (χ0n) is 72.6. The minimum atomic E-state index is -3.12. The number of aliphatic hydroxyl groups is 26. The van der Waals surface area contributed by atoms with Gasteiger partial charge in [0.05, 0.1) is 77.7 Å². The lowest BCUT2D eigenvalue weighted by Gasteiger charge is -2.51. The molecule has 10 aliphatic heterocycles. The Labute approximate surface area is 759 Å². The summed E-state index contributed by atoms with van der Waals surface area (Å²) >= 11 is 0. The van der Waals surface area contributed by atoms with Crippen molar-refractivity contribution < 1.29 is 261 Å². The van der Waals surface area contributed by atoms with Crippen LogP contribution in [0.4, 0.5) is 0 Å². The van der Waals surface area contributed by atoms with E-state index in [9.17, 15) is 171 Å². The molecule has 59 nitrogen and oxygen atoms in total. The van der Waals surface area contributed by atoms with Gasteiger partial charge in [0, 0.05) is 48.0 Å². The fourth-order valence-corrected chi connectivity index (χ4v) is 17.2. The summed E-state index contributed by atoms with van der Waals surface area (Å²) < 4.78 is 114. The van der Waals surface area contributed by atoms with Gasteiger partial charge in [-0.25, -0.2) is 4.79 Å². The highest BCUT2D eigenvalue weighted by atomic mass is 16.8. The number of carboxylic acids is 1. The smallest absolute Gasteiger partial charge is 0.364 e. The Balaban J connectivity index is 0.974.